The molecule has 1 amide bonds. The maximum absolute atomic E-state index is 11.7. The van der Waals surface area contributed by atoms with E-state index in [1.807, 2.05) is 0 Å². The Morgan fingerprint density at radius 1 is 1.33 bits per heavy atom. The first-order valence-electron chi connectivity index (χ1n) is 6.11. The lowest BCUT2D eigenvalue weighted by Crippen LogP contribution is -2.54. The van der Waals surface area contributed by atoms with E-state index in [4.69, 9.17) is 9.47 Å². The third-order valence-corrected chi connectivity index (χ3v) is 2.69. The summed E-state index contributed by atoms with van der Waals surface area (Å²) in [5.41, 5.74) is -0.549. The standard InChI is InChI=1S/C12H22N2O4/c1-12(2,3)18-11(16)14-9-7-13-6-5-8(9)10(15)17-4/h8-9,13H,5-7H2,1-4H3,(H,14,16)/t8-,9+/m1/s1. The monoisotopic (exact) mass is 258 g/mol. The number of amides is 1. The maximum atomic E-state index is 11.7. The fraction of sp³-hybridized carbons (Fsp3) is 0.833. The molecule has 0 unspecified atom stereocenters. The highest BCUT2D eigenvalue weighted by atomic mass is 16.6. The van der Waals surface area contributed by atoms with Gasteiger partial charge in [-0.05, 0) is 33.7 Å². The van der Waals surface area contributed by atoms with Gasteiger partial charge < -0.3 is 20.1 Å². The van der Waals surface area contributed by atoms with Crippen LogP contribution >= 0.6 is 0 Å². The van der Waals surface area contributed by atoms with E-state index in [2.05, 4.69) is 10.6 Å². The van der Waals surface area contributed by atoms with Crippen LogP contribution in [0.4, 0.5) is 4.79 Å². The van der Waals surface area contributed by atoms with E-state index >= 15 is 0 Å². The summed E-state index contributed by atoms with van der Waals surface area (Å²) in [6.45, 7) is 6.67. The highest BCUT2D eigenvalue weighted by Crippen LogP contribution is 2.15. The Balaban J connectivity index is 2.57. The molecule has 2 atom stereocenters. The topological polar surface area (TPSA) is 76.7 Å². The van der Waals surface area contributed by atoms with E-state index < -0.39 is 11.7 Å². The zero-order chi connectivity index (χ0) is 13.8. The number of methoxy groups -OCH3 is 1. The molecule has 0 aromatic heterocycles. The van der Waals surface area contributed by atoms with E-state index in [0.717, 1.165) is 6.54 Å². The number of carbonyl (C=O) groups is 2. The van der Waals surface area contributed by atoms with Gasteiger partial charge in [0.2, 0.25) is 0 Å². The van der Waals surface area contributed by atoms with Gasteiger partial charge in [0, 0.05) is 6.54 Å². The predicted molar refractivity (Wildman–Crippen MR) is 66.2 cm³/mol. The van der Waals surface area contributed by atoms with Gasteiger partial charge in [-0.15, -0.1) is 0 Å². The minimum absolute atomic E-state index is 0.291. The van der Waals surface area contributed by atoms with Crippen molar-refractivity contribution in [1.82, 2.24) is 10.6 Å². The van der Waals surface area contributed by atoms with E-state index in [1.165, 1.54) is 7.11 Å². The molecule has 0 bridgehead atoms. The van der Waals surface area contributed by atoms with Gasteiger partial charge in [0.05, 0.1) is 19.1 Å². The zero-order valence-corrected chi connectivity index (χ0v) is 11.4. The van der Waals surface area contributed by atoms with Crippen molar-refractivity contribution in [2.45, 2.75) is 38.8 Å². The van der Waals surface area contributed by atoms with Crippen molar-refractivity contribution in [1.29, 1.82) is 0 Å². The molecule has 1 fully saturated rings. The largest absolute Gasteiger partial charge is 0.469 e. The first-order chi connectivity index (χ1) is 8.33. The average molecular weight is 258 g/mol. The number of rotatable bonds is 2. The number of nitrogens with one attached hydrogen (secondary N) is 2. The molecule has 2 N–H and O–H groups in total. The molecule has 0 aliphatic carbocycles. The normalized spacial score (nSPS) is 24.2. The first kappa shape index (κ1) is 14.8. The third-order valence-electron chi connectivity index (χ3n) is 2.69. The highest BCUT2D eigenvalue weighted by Gasteiger charge is 2.33. The molecule has 6 nitrogen and oxygen atoms in total. The summed E-state index contributed by atoms with van der Waals surface area (Å²) in [7, 11) is 1.36. The van der Waals surface area contributed by atoms with Crippen LogP contribution in [-0.4, -0.2) is 43.9 Å². The fourth-order valence-corrected chi connectivity index (χ4v) is 1.90. The van der Waals surface area contributed by atoms with Crippen LogP contribution in [0.15, 0.2) is 0 Å². The highest BCUT2D eigenvalue weighted by molar-refractivity contribution is 5.75. The SMILES string of the molecule is COC(=O)[C@@H]1CCNC[C@@H]1NC(=O)OC(C)(C)C. The second-order valence-electron chi connectivity index (χ2n) is 5.38. The van der Waals surface area contributed by atoms with Crippen LogP contribution in [0.3, 0.4) is 0 Å². The lowest BCUT2D eigenvalue weighted by Gasteiger charge is -2.31. The van der Waals surface area contributed by atoms with Crippen molar-refractivity contribution >= 4 is 12.1 Å². The van der Waals surface area contributed by atoms with Crippen LogP contribution in [-0.2, 0) is 14.3 Å². The minimum Gasteiger partial charge on any atom is -0.469 e. The second kappa shape index (κ2) is 6.04. The maximum Gasteiger partial charge on any atom is 0.407 e. The van der Waals surface area contributed by atoms with E-state index in [0.29, 0.717) is 13.0 Å². The van der Waals surface area contributed by atoms with Gasteiger partial charge >= 0.3 is 12.1 Å². The molecule has 0 aromatic carbocycles. The molecule has 1 rings (SSSR count). The van der Waals surface area contributed by atoms with Crippen LogP contribution in [0, 0.1) is 5.92 Å². The van der Waals surface area contributed by atoms with Gasteiger partial charge in [-0.2, -0.15) is 0 Å². The number of hydrogen-bond acceptors (Lipinski definition) is 5. The summed E-state index contributed by atoms with van der Waals surface area (Å²) in [6.07, 6.45) is 0.137. The summed E-state index contributed by atoms with van der Waals surface area (Å²) in [4.78, 5) is 23.3. The Morgan fingerprint density at radius 2 is 2.00 bits per heavy atom. The second-order valence-corrected chi connectivity index (χ2v) is 5.38. The Bertz CT molecular complexity index is 312. The molecular formula is C12H22N2O4. The molecule has 0 saturated carbocycles. The number of ether oxygens (including phenoxy) is 2. The number of alkyl carbamates (subject to hydrolysis) is 1. The van der Waals surface area contributed by atoms with Crippen molar-refractivity contribution in [2.75, 3.05) is 20.2 Å². The lowest BCUT2D eigenvalue weighted by molar-refractivity contribution is -0.147. The van der Waals surface area contributed by atoms with Crippen LogP contribution in [0.25, 0.3) is 0 Å². The molecular weight excluding hydrogens is 236 g/mol. The molecule has 6 heteroatoms. The van der Waals surface area contributed by atoms with Gasteiger partial charge in [-0.25, -0.2) is 4.79 Å². The van der Waals surface area contributed by atoms with Gasteiger partial charge in [0.15, 0.2) is 0 Å². The summed E-state index contributed by atoms with van der Waals surface area (Å²) in [5.74, 6) is -0.610. The van der Waals surface area contributed by atoms with Crippen molar-refractivity contribution in [3.8, 4) is 0 Å². The number of hydrogen-bond donors (Lipinski definition) is 2. The van der Waals surface area contributed by atoms with Crippen molar-refractivity contribution < 1.29 is 19.1 Å². The van der Waals surface area contributed by atoms with Crippen molar-refractivity contribution in [3.05, 3.63) is 0 Å². The summed E-state index contributed by atoms with van der Waals surface area (Å²) < 4.78 is 9.92. The molecule has 0 spiro atoms. The number of carbonyl (C=O) groups excluding carboxylic acids is 2. The summed E-state index contributed by atoms with van der Waals surface area (Å²) >= 11 is 0. The predicted octanol–water partition coefficient (Wildman–Crippen LogP) is 0.662. The summed E-state index contributed by atoms with van der Waals surface area (Å²) in [5, 5.41) is 5.85. The molecule has 1 heterocycles. The van der Waals surface area contributed by atoms with Gasteiger partial charge in [-0.1, -0.05) is 0 Å². The van der Waals surface area contributed by atoms with Gasteiger partial charge in [-0.3, -0.25) is 4.79 Å². The molecule has 18 heavy (non-hydrogen) atoms. The Hall–Kier alpha value is -1.30. The van der Waals surface area contributed by atoms with Gasteiger partial charge in [0.1, 0.15) is 5.60 Å². The van der Waals surface area contributed by atoms with E-state index in [9.17, 15) is 9.59 Å². The van der Waals surface area contributed by atoms with E-state index in [1.54, 1.807) is 20.8 Å². The van der Waals surface area contributed by atoms with Crippen molar-refractivity contribution in [3.63, 3.8) is 0 Å². The van der Waals surface area contributed by atoms with Crippen LogP contribution in [0.5, 0.6) is 0 Å². The molecule has 0 radical (unpaired) electrons. The Kier molecular flexibility index (Phi) is 4.95. The van der Waals surface area contributed by atoms with Gasteiger partial charge in [0.25, 0.3) is 0 Å². The fourth-order valence-electron chi connectivity index (χ4n) is 1.90. The number of piperidine rings is 1. The minimum atomic E-state index is -0.549. The lowest BCUT2D eigenvalue weighted by atomic mass is 9.93. The Morgan fingerprint density at radius 3 is 2.56 bits per heavy atom. The van der Waals surface area contributed by atoms with Crippen LogP contribution in [0.1, 0.15) is 27.2 Å². The van der Waals surface area contributed by atoms with Crippen LogP contribution in [0.2, 0.25) is 0 Å². The molecule has 1 aliphatic heterocycles. The smallest absolute Gasteiger partial charge is 0.407 e. The Labute approximate surface area is 107 Å². The van der Waals surface area contributed by atoms with Crippen molar-refractivity contribution in [2.24, 2.45) is 5.92 Å². The molecule has 104 valence electrons. The number of esters is 1. The molecule has 0 aromatic rings. The average Bonchev–Trinajstić information content (AvgIpc) is 2.26. The molecule has 1 saturated heterocycles. The third kappa shape index (κ3) is 4.52. The quantitative estimate of drug-likeness (QED) is 0.712. The first-order valence-corrected chi connectivity index (χ1v) is 6.11. The summed E-state index contributed by atoms with van der Waals surface area (Å²) in [6, 6.07) is -0.291. The van der Waals surface area contributed by atoms with E-state index in [-0.39, 0.29) is 17.9 Å². The molecule has 1 aliphatic rings. The zero-order valence-electron chi connectivity index (χ0n) is 11.4. The van der Waals surface area contributed by atoms with Crippen LogP contribution < -0.4 is 10.6 Å².